The van der Waals surface area contributed by atoms with Crippen LogP contribution in [0.4, 0.5) is 39.8 Å². The first kappa shape index (κ1) is 43.1. The van der Waals surface area contributed by atoms with Gasteiger partial charge < -0.3 is 14.7 Å². The molecule has 67 heavy (non-hydrogen) atoms. The van der Waals surface area contributed by atoms with Crippen LogP contribution in [0.1, 0.15) is 168 Å². The van der Waals surface area contributed by atoms with Gasteiger partial charge in [-0.3, -0.25) is 0 Å². The Morgan fingerprint density at radius 1 is 0.448 bits per heavy atom. The summed E-state index contributed by atoms with van der Waals surface area (Å²) in [6, 6.07) is 49.2. The largest absolute Gasteiger partial charge is 0.335 e. The first-order chi connectivity index (χ1) is 31.7. The van der Waals surface area contributed by atoms with Crippen LogP contribution < -0.4 is 31.1 Å². The van der Waals surface area contributed by atoms with Crippen molar-refractivity contribution in [2.24, 2.45) is 0 Å². The molecule has 12 rings (SSSR count). The molecule has 0 spiro atoms. The monoisotopic (exact) mass is 882 g/mol. The normalized spacial score (nSPS) is 25.9. The molecule has 2 saturated carbocycles. The van der Waals surface area contributed by atoms with Gasteiger partial charge in [-0.25, -0.2) is 0 Å². The van der Waals surface area contributed by atoms with Crippen LogP contribution in [0.5, 0.6) is 0 Å². The Bertz CT molecular complexity index is 3000. The molecule has 6 aliphatic rings. The molecule has 2 fully saturated rings. The minimum absolute atomic E-state index is 0.00159. The van der Waals surface area contributed by atoms with Crippen molar-refractivity contribution in [1.29, 1.82) is 0 Å². The summed E-state index contributed by atoms with van der Waals surface area (Å²) >= 11 is 0. The van der Waals surface area contributed by atoms with Gasteiger partial charge in [0.25, 0.3) is 6.71 Å². The molecule has 4 atom stereocenters. The highest BCUT2D eigenvalue weighted by molar-refractivity contribution is 7.00. The molecule has 0 bridgehead atoms. The van der Waals surface area contributed by atoms with Gasteiger partial charge in [-0.15, -0.1) is 0 Å². The highest BCUT2D eigenvalue weighted by atomic mass is 15.3. The maximum atomic E-state index is 2.95. The highest BCUT2D eigenvalue weighted by Crippen LogP contribution is 2.66. The van der Waals surface area contributed by atoms with Crippen molar-refractivity contribution in [2.75, 3.05) is 14.7 Å². The van der Waals surface area contributed by atoms with Crippen LogP contribution in [0.2, 0.25) is 0 Å². The first-order valence-electron chi connectivity index (χ1n) is 25.9. The lowest BCUT2D eigenvalue weighted by molar-refractivity contribution is 0.194. The number of fused-ring (bicyclic) bond motifs is 10. The van der Waals surface area contributed by atoms with Gasteiger partial charge in [0, 0.05) is 50.6 Å². The molecule has 6 aromatic carbocycles. The first-order valence-corrected chi connectivity index (χ1v) is 25.9. The number of hydrogen-bond acceptors (Lipinski definition) is 3. The summed E-state index contributed by atoms with van der Waals surface area (Å²) in [5.74, 6) is 0. The van der Waals surface area contributed by atoms with Gasteiger partial charge in [0.2, 0.25) is 0 Å². The lowest BCUT2D eigenvalue weighted by atomic mass is 9.33. The quantitative estimate of drug-likeness (QED) is 0.164. The molecule has 4 unspecified atom stereocenters. The van der Waals surface area contributed by atoms with Crippen molar-refractivity contribution < 1.29 is 0 Å². The van der Waals surface area contributed by atoms with E-state index < -0.39 is 0 Å². The fourth-order valence-corrected chi connectivity index (χ4v) is 14.9. The van der Waals surface area contributed by atoms with E-state index in [2.05, 4.69) is 219 Å². The van der Waals surface area contributed by atoms with Crippen LogP contribution in [0.25, 0.3) is 0 Å². The Hall–Kier alpha value is -5.22. The van der Waals surface area contributed by atoms with Gasteiger partial charge in [-0.2, -0.15) is 0 Å². The summed E-state index contributed by atoms with van der Waals surface area (Å²) in [7, 11) is 0. The van der Waals surface area contributed by atoms with Crippen LogP contribution in [-0.4, -0.2) is 17.8 Å². The van der Waals surface area contributed by atoms with Crippen molar-refractivity contribution in [2.45, 2.75) is 173 Å². The Balaban J connectivity index is 1.21. The van der Waals surface area contributed by atoms with Crippen molar-refractivity contribution >= 4 is 62.9 Å². The molecule has 2 aliphatic carbocycles. The van der Waals surface area contributed by atoms with Crippen molar-refractivity contribution in [3.05, 3.63) is 155 Å². The van der Waals surface area contributed by atoms with Gasteiger partial charge in [0.05, 0.1) is 11.1 Å². The Morgan fingerprint density at radius 2 is 1.04 bits per heavy atom. The molecular weight excluding hydrogens is 810 g/mol. The van der Waals surface area contributed by atoms with Crippen molar-refractivity contribution in [3.63, 3.8) is 0 Å². The molecule has 4 aliphatic heterocycles. The van der Waals surface area contributed by atoms with E-state index in [0.717, 1.165) is 12.8 Å². The molecule has 3 nitrogen and oxygen atoms in total. The van der Waals surface area contributed by atoms with E-state index in [-0.39, 0.29) is 44.9 Å². The maximum Gasteiger partial charge on any atom is 0.252 e. The zero-order chi connectivity index (χ0) is 46.8. The topological polar surface area (TPSA) is 9.72 Å². The second-order valence-electron chi connectivity index (χ2n) is 25.4. The maximum absolute atomic E-state index is 2.95. The predicted molar refractivity (Wildman–Crippen MR) is 287 cm³/mol. The van der Waals surface area contributed by atoms with Gasteiger partial charge in [-0.05, 0) is 142 Å². The molecule has 4 heterocycles. The van der Waals surface area contributed by atoms with E-state index in [1.807, 2.05) is 0 Å². The molecule has 6 aromatic rings. The summed E-state index contributed by atoms with van der Waals surface area (Å²) in [4.78, 5) is 8.49. The number of hydrogen-bond donors (Lipinski definition) is 0. The minimum atomic E-state index is -0.178. The summed E-state index contributed by atoms with van der Waals surface area (Å²) in [6.45, 7) is 29.2. The standard InChI is InChI=1S/C63H72BN3/c1-57(2,3)41-25-29-45(30-26-41)65-52-32-28-44(59(7,8)9)38-50(52)64-49-24-20-23-47-56(49)67(62(12)35-18-19-36-63(47,62)42-21-14-13-15-22-42)54-40-46(39-53(65)55(54)64)66-51-31-27-43(58(4,5)6)37-48(51)60(10)33-16-17-34-61(60,66)11/h13-15,20-32,37-40H,16-19,33-36H2,1-12H3. The molecule has 0 N–H and O–H groups in total. The molecule has 342 valence electrons. The fraction of sp³-hybridized carbons (Fsp3) is 0.429. The smallest absolute Gasteiger partial charge is 0.252 e. The number of nitrogens with zero attached hydrogens (tertiary/aromatic N) is 3. The van der Waals surface area contributed by atoms with Crippen LogP contribution in [0.3, 0.4) is 0 Å². The summed E-state index contributed by atoms with van der Waals surface area (Å²) in [5, 5.41) is 0. The third-order valence-corrected chi connectivity index (χ3v) is 18.8. The fourth-order valence-electron chi connectivity index (χ4n) is 14.9. The summed E-state index contributed by atoms with van der Waals surface area (Å²) < 4.78 is 0. The average molecular weight is 882 g/mol. The third kappa shape index (κ3) is 5.65. The van der Waals surface area contributed by atoms with E-state index in [1.54, 1.807) is 0 Å². The van der Waals surface area contributed by atoms with Crippen LogP contribution in [0.15, 0.2) is 121 Å². The van der Waals surface area contributed by atoms with Crippen LogP contribution in [0, 0.1) is 0 Å². The number of anilines is 7. The summed E-state index contributed by atoms with van der Waals surface area (Å²) in [6.07, 6.45) is 9.64. The highest BCUT2D eigenvalue weighted by Gasteiger charge is 2.65. The van der Waals surface area contributed by atoms with E-state index in [4.69, 9.17) is 0 Å². The van der Waals surface area contributed by atoms with Crippen molar-refractivity contribution in [3.8, 4) is 0 Å². The van der Waals surface area contributed by atoms with Gasteiger partial charge in [0.1, 0.15) is 0 Å². The molecule has 0 aromatic heterocycles. The Morgan fingerprint density at radius 3 is 1.73 bits per heavy atom. The average Bonchev–Trinajstić information content (AvgIpc) is 3.66. The van der Waals surface area contributed by atoms with E-state index in [1.165, 1.54) is 128 Å². The van der Waals surface area contributed by atoms with E-state index in [9.17, 15) is 0 Å². The van der Waals surface area contributed by atoms with Gasteiger partial charge in [0.15, 0.2) is 0 Å². The minimum Gasteiger partial charge on any atom is -0.335 e. The van der Waals surface area contributed by atoms with Crippen molar-refractivity contribution in [1.82, 2.24) is 0 Å². The van der Waals surface area contributed by atoms with Gasteiger partial charge >= 0.3 is 0 Å². The zero-order valence-electron chi connectivity index (χ0n) is 42.6. The van der Waals surface area contributed by atoms with Gasteiger partial charge in [-0.1, -0.05) is 180 Å². The lowest BCUT2D eigenvalue weighted by Crippen LogP contribution is -2.65. The molecular formula is C63H72BN3. The van der Waals surface area contributed by atoms with Crippen LogP contribution >= 0.6 is 0 Å². The second kappa shape index (κ2) is 14.0. The van der Waals surface area contributed by atoms with E-state index in [0.29, 0.717) is 0 Å². The molecule has 0 amide bonds. The van der Waals surface area contributed by atoms with Crippen LogP contribution in [-0.2, 0) is 27.1 Å². The third-order valence-electron chi connectivity index (χ3n) is 18.8. The second-order valence-corrected chi connectivity index (χ2v) is 25.4. The van der Waals surface area contributed by atoms with E-state index >= 15 is 0 Å². The number of rotatable bonds is 3. The molecule has 0 saturated heterocycles. The lowest BCUT2D eigenvalue weighted by Gasteiger charge is -2.54. The molecule has 0 radical (unpaired) electrons. The predicted octanol–water partition coefficient (Wildman–Crippen LogP) is 14.7. The SMILES string of the molecule is CC(C)(C)c1ccc(N2c3ccc(C(C)(C)C)cc3B3c4cccc5c4N(c4cc(N6c7ccc(C(C)(C)C)cc7C7(C)CCCCC67C)cc2c43)C2(C)CCCCC52c2ccccc2)cc1. The Labute approximate surface area is 403 Å². The summed E-state index contributed by atoms with van der Waals surface area (Å²) in [5.41, 5.74) is 22.2. The Kier molecular flexibility index (Phi) is 8.97. The zero-order valence-corrected chi connectivity index (χ0v) is 42.6. The number of benzene rings is 6. The molecule has 4 heteroatoms. The number of para-hydroxylation sites is 1.